The van der Waals surface area contributed by atoms with Crippen LogP contribution in [0.4, 0.5) is 5.82 Å². The molecule has 1 aliphatic rings. The lowest BCUT2D eigenvalue weighted by Crippen LogP contribution is -2.29. The van der Waals surface area contributed by atoms with Crippen LogP contribution in [0.2, 0.25) is 0 Å². The SMILES string of the molecule is Cc1ccc(NCC2CCC(N)CC2)nn1. The smallest absolute Gasteiger partial charge is 0.148 e. The minimum atomic E-state index is 0.426. The number of nitrogens with zero attached hydrogens (tertiary/aromatic N) is 2. The number of nitrogens with two attached hydrogens (primary N) is 1. The first-order valence-corrected chi connectivity index (χ1v) is 6.04. The van der Waals surface area contributed by atoms with Crippen LogP contribution >= 0.6 is 0 Å². The Balaban J connectivity index is 1.77. The number of anilines is 1. The van der Waals surface area contributed by atoms with E-state index in [0.717, 1.165) is 36.8 Å². The van der Waals surface area contributed by atoms with Gasteiger partial charge in [0.1, 0.15) is 5.82 Å². The largest absolute Gasteiger partial charge is 0.368 e. The van der Waals surface area contributed by atoms with E-state index in [9.17, 15) is 0 Å². The van der Waals surface area contributed by atoms with Crippen molar-refractivity contribution >= 4 is 5.82 Å². The molecule has 0 bridgehead atoms. The maximum Gasteiger partial charge on any atom is 0.148 e. The molecule has 0 unspecified atom stereocenters. The van der Waals surface area contributed by atoms with Crippen LogP contribution in [0.5, 0.6) is 0 Å². The zero-order valence-corrected chi connectivity index (χ0v) is 9.82. The molecule has 0 aromatic carbocycles. The molecule has 1 aromatic heterocycles. The van der Waals surface area contributed by atoms with Crippen molar-refractivity contribution in [1.29, 1.82) is 0 Å². The highest BCUT2D eigenvalue weighted by Crippen LogP contribution is 2.23. The fourth-order valence-electron chi connectivity index (χ4n) is 2.13. The summed E-state index contributed by atoms with van der Waals surface area (Å²) in [6.45, 7) is 2.93. The van der Waals surface area contributed by atoms with Crippen molar-refractivity contribution in [2.45, 2.75) is 38.6 Å². The van der Waals surface area contributed by atoms with Gasteiger partial charge in [0.05, 0.1) is 5.69 Å². The van der Waals surface area contributed by atoms with E-state index < -0.39 is 0 Å². The molecule has 1 heterocycles. The lowest BCUT2D eigenvalue weighted by atomic mass is 9.86. The van der Waals surface area contributed by atoms with Crippen molar-refractivity contribution in [3.8, 4) is 0 Å². The van der Waals surface area contributed by atoms with Crippen molar-refractivity contribution in [3.05, 3.63) is 17.8 Å². The molecule has 1 aromatic rings. The third-order valence-electron chi connectivity index (χ3n) is 3.26. The first kappa shape index (κ1) is 11.3. The van der Waals surface area contributed by atoms with Gasteiger partial charge < -0.3 is 11.1 Å². The Morgan fingerprint density at radius 3 is 2.62 bits per heavy atom. The molecule has 1 saturated carbocycles. The predicted octanol–water partition coefficient (Wildman–Crippen LogP) is 1.71. The van der Waals surface area contributed by atoms with Crippen LogP contribution in [0.25, 0.3) is 0 Å². The molecule has 1 aliphatic carbocycles. The summed E-state index contributed by atoms with van der Waals surface area (Å²) in [5.74, 6) is 1.61. The van der Waals surface area contributed by atoms with Crippen LogP contribution in [-0.2, 0) is 0 Å². The van der Waals surface area contributed by atoms with Crippen LogP contribution in [0, 0.1) is 12.8 Å². The van der Waals surface area contributed by atoms with E-state index in [1.165, 1.54) is 12.8 Å². The minimum absolute atomic E-state index is 0.426. The molecule has 0 saturated heterocycles. The molecule has 0 spiro atoms. The Hall–Kier alpha value is -1.16. The van der Waals surface area contributed by atoms with Gasteiger partial charge in [-0.15, -0.1) is 5.10 Å². The zero-order valence-electron chi connectivity index (χ0n) is 9.82. The maximum atomic E-state index is 5.88. The van der Waals surface area contributed by atoms with Crippen molar-refractivity contribution in [2.75, 3.05) is 11.9 Å². The molecule has 0 radical (unpaired) electrons. The van der Waals surface area contributed by atoms with E-state index in [1.54, 1.807) is 0 Å². The van der Waals surface area contributed by atoms with Crippen molar-refractivity contribution in [1.82, 2.24) is 10.2 Å². The van der Waals surface area contributed by atoms with E-state index in [0.29, 0.717) is 6.04 Å². The van der Waals surface area contributed by atoms with E-state index >= 15 is 0 Å². The Kier molecular flexibility index (Phi) is 3.72. The molecule has 88 valence electrons. The Bertz CT molecular complexity index is 314. The summed E-state index contributed by atoms with van der Waals surface area (Å²) in [5, 5.41) is 11.5. The number of aryl methyl sites for hydroxylation is 1. The Morgan fingerprint density at radius 1 is 1.25 bits per heavy atom. The van der Waals surface area contributed by atoms with Crippen molar-refractivity contribution in [2.24, 2.45) is 11.7 Å². The zero-order chi connectivity index (χ0) is 11.4. The molecule has 3 N–H and O–H groups in total. The van der Waals surface area contributed by atoms with E-state index in [2.05, 4.69) is 15.5 Å². The number of rotatable bonds is 3. The minimum Gasteiger partial charge on any atom is -0.368 e. The van der Waals surface area contributed by atoms with Gasteiger partial charge in [-0.1, -0.05) is 0 Å². The van der Waals surface area contributed by atoms with Gasteiger partial charge in [0.2, 0.25) is 0 Å². The van der Waals surface area contributed by atoms with Crippen molar-refractivity contribution in [3.63, 3.8) is 0 Å². The first-order valence-electron chi connectivity index (χ1n) is 6.04. The Morgan fingerprint density at radius 2 is 2.00 bits per heavy atom. The maximum absolute atomic E-state index is 5.88. The molecule has 0 amide bonds. The summed E-state index contributed by atoms with van der Waals surface area (Å²) in [5.41, 5.74) is 6.83. The second kappa shape index (κ2) is 5.25. The van der Waals surface area contributed by atoms with E-state index in [-0.39, 0.29) is 0 Å². The van der Waals surface area contributed by atoms with Gasteiger partial charge in [0.25, 0.3) is 0 Å². The Labute approximate surface area is 96.6 Å². The molecule has 4 nitrogen and oxygen atoms in total. The van der Waals surface area contributed by atoms with Crippen LogP contribution in [-0.4, -0.2) is 22.8 Å². The van der Waals surface area contributed by atoms with E-state index in [1.807, 2.05) is 19.1 Å². The highest BCUT2D eigenvalue weighted by Gasteiger charge is 2.18. The standard InChI is InChI=1S/C12H20N4/c1-9-2-7-12(16-15-9)14-8-10-3-5-11(13)6-4-10/h2,7,10-11H,3-6,8,13H2,1H3,(H,14,16). The number of aromatic nitrogens is 2. The molecule has 16 heavy (non-hydrogen) atoms. The van der Waals surface area contributed by atoms with Gasteiger partial charge in [-0.25, -0.2) is 0 Å². The highest BCUT2D eigenvalue weighted by molar-refractivity contribution is 5.32. The molecule has 0 aliphatic heterocycles. The first-order chi connectivity index (χ1) is 7.74. The highest BCUT2D eigenvalue weighted by atomic mass is 15.2. The van der Waals surface area contributed by atoms with Gasteiger partial charge >= 0.3 is 0 Å². The summed E-state index contributed by atoms with van der Waals surface area (Å²) in [7, 11) is 0. The quantitative estimate of drug-likeness (QED) is 0.814. The second-order valence-electron chi connectivity index (χ2n) is 4.72. The molecule has 0 atom stereocenters. The monoisotopic (exact) mass is 220 g/mol. The van der Waals surface area contributed by atoms with Crippen molar-refractivity contribution < 1.29 is 0 Å². The lowest BCUT2D eigenvalue weighted by Gasteiger charge is -2.26. The summed E-state index contributed by atoms with van der Waals surface area (Å²) in [4.78, 5) is 0. The molecular formula is C12H20N4. The molecule has 1 fully saturated rings. The number of nitrogens with one attached hydrogen (secondary N) is 1. The fourth-order valence-corrected chi connectivity index (χ4v) is 2.13. The average molecular weight is 220 g/mol. The summed E-state index contributed by atoms with van der Waals surface area (Å²) < 4.78 is 0. The number of hydrogen-bond acceptors (Lipinski definition) is 4. The molecular weight excluding hydrogens is 200 g/mol. The van der Waals surface area contributed by atoms with Gasteiger partial charge in [-0.05, 0) is 50.7 Å². The number of hydrogen-bond donors (Lipinski definition) is 2. The van der Waals surface area contributed by atoms with Gasteiger partial charge in [0, 0.05) is 12.6 Å². The normalized spacial score (nSPS) is 25.4. The van der Waals surface area contributed by atoms with Crippen LogP contribution in [0.3, 0.4) is 0 Å². The molecule has 4 heteroatoms. The summed E-state index contributed by atoms with van der Waals surface area (Å²) in [6, 6.07) is 4.39. The third kappa shape index (κ3) is 3.17. The van der Waals surface area contributed by atoms with Gasteiger partial charge in [-0.3, -0.25) is 0 Å². The average Bonchev–Trinajstić information content (AvgIpc) is 2.30. The topological polar surface area (TPSA) is 63.8 Å². The summed E-state index contributed by atoms with van der Waals surface area (Å²) >= 11 is 0. The predicted molar refractivity (Wildman–Crippen MR) is 65.2 cm³/mol. The van der Waals surface area contributed by atoms with Gasteiger partial charge in [0.15, 0.2) is 0 Å². The van der Waals surface area contributed by atoms with Crippen LogP contribution in [0.15, 0.2) is 12.1 Å². The molecule has 2 rings (SSSR count). The summed E-state index contributed by atoms with van der Waals surface area (Å²) in [6.07, 6.45) is 4.78. The third-order valence-corrected chi connectivity index (χ3v) is 3.26. The second-order valence-corrected chi connectivity index (χ2v) is 4.72. The van der Waals surface area contributed by atoms with Crippen LogP contribution in [0.1, 0.15) is 31.4 Å². The van der Waals surface area contributed by atoms with Crippen LogP contribution < -0.4 is 11.1 Å². The van der Waals surface area contributed by atoms with Gasteiger partial charge in [-0.2, -0.15) is 5.10 Å². The van der Waals surface area contributed by atoms with E-state index in [4.69, 9.17) is 5.73 Å². The fraction of sp³-hybridized carbons (Fsp3) is 0.667. The lowest BCUT2D eigenvalue weighted by molar-refractivity contribution is 0.338.